The van der Waals surface area contributed by atoms with E-state index in [1.54, 1.807) is 0 Å². The van der Waals surface area contributed by atoms with Gasteiger partial charge in [-0.1, -0.05) is 51.9 Å². The molecule has 2 saturated carbocycles. The van der Waals surface area contributed by atoms with E-state index in [4.69, 9.17) is 0 Å². The summed E-state index contributed by atoms with van der Waals surface area (Å²) in [6.07, 6.45) is 15.1. The number of anilines is 3. The van der Waals surface area contributed by atoms with Gasteiger partial charge in [-0.2, -0.15) is 15.0 Å². The van der Waals surface area contributed by atoms with Crippen LogP contribution in [-0.2, 0) is 0 Å². The topological polar surface area (TPSA) is 74.8 Å². The van der Waals surface area contributed by atoms with Crippen LogP contribution in [0.5, 0.6) is 0 Å². The summed E-state index contributed by atoms with van der Waals surface area (Å²) < 4.78 is 0. The molecular formula is C19H34N6. The molecular weight excluding hydrogens is 312 g/mol. The molecule has 6 heteroatoms. The van der Waals surface area contributed by atoms with Gasteiger partial charge in [0.1, 0.15) is 0 Å². The standard InChI is InChI=1S/C19H34N6/c1-2-3-14-20-17-23-18(21-15-10-6-4-7-11-15)25-19(24-17)22-16-12-8-5-9-13-16/h15-16H,2-14H2,1H3,(H3,20,21,22,23,24,25). The van der Waals surface area contributed by atoms with Gasteiger partial charge in [0.15, 0.2) is 0 Å². The Morgan fingerprint density at radius 3 is 1.68 bits per heavy atom. The summed E-state index contributed by atoms with van der Waals surface area (Å²) in [6, 6.07) is 1.00. The summed E-state index contributed by atoms with van der Waals surface area (Å²) in [6.45, 7) is 3.10. The first-order valence-corrected chi connectivity index (χ1v) is 10.4. The number of nitrogens with one attached hydrogen (secondary N) is 3. The van der Waals surface area contributed by atoms with Gasteiger partial charge in [0.05, 0.1) is 0 Å². The van der Waals surface area contributed by atoms with Crippen LogP contribution in [0.1, 0.15) is 84.0 Å². The van der Waals surface area contributed by atoms with Crippen LogP contribution in [0, 0.1) is 0 Å². The van der Waals surface area contributed by atoms with E-state index in [1.165, 1.54) is 70.6 Å². The molecule has 0 spiro atoms. The fourth-order valence-electron chi connectivity index (χ4n) is 3.82. The van der Waals surface area contributed by atoms with Gasteiger partial charge in [-0.05, 0) is 32.1 Å². The zero-order valence-electron chi connectivity index (χ0n) is 15.7. The lowest BCUT2D eigenvalue weighted by atomic mass is 9.96. The maximum Gasteiger partial charge on any atom is 0.229 e. The molecule has 0 atom stereocenters. The van der Waals surface area contributed by atoms with Crippen molar-refractivity contribution in [2.75, 3.05) is 22.5 Å². The highest BCUT2D eigenvalue weighted by Gasteiger charge is 2.18. The van der Waals surface area contributed by atoms with Gasteiger partial charge >= 0.3 is 0 Å². The van der Waals surface area contributed by atoms with Crippen LogP contribution in [0.15, 0.2) is 0 Å². The van der Waals surface area contributed by atoms with Crippen LogP contribution < -0.4 is 16.0 Å². The molecule has 1 aromatic heterocycles. The predicted octanol–water partition coefficient (Wildman–Crippen LogP) is 4.57. The molecule has 25 heavy (non-hydrogen) atoms. The minimum absolute atomic E-state index is 0.502. The van der Waals surface area contributed by atoms with Gasteiger partial charge < -0.3 is 16.0 Å². The Bertz CT molecular complexity index is 470. The Balaban J connectivity index is 1.67. The minimum Gasteiger partial charge on any atom is -0.354 e. The molecule has 0 aliphatic heterocycles. The average molecular weight is 347 g/mol. The van der Waals surface area contributed by atoms with E-state index < -0.39 is 0 Å². The molecule has 2 aliphatic carbocycles. The number of aromatic nitrogens is 3. The molecule has 140 valence electrons. The van der Waals surface area contributed by atoms with Gasteiger partial charge in [-0.15, -0.1) is 0 Å². The summed E-state index contributed by atoms with van der Waals surface area (Å²) >= 11 is 0. The van der Waals surface area contributed by atoms with E-state index in [0.717, 1.165) is 24.9 Å². The number of nitrogens with zero attached hydrogens (tertiary/aromatic N) is 3. The van der Waals surface area contributed by atoms with Gasteiger partial charge in [-0.3, -0.25) is 0 Å². The number of hydrogen-bond acceptors (Lipinski definition) is 6. The fourth-order valence-corrected chi connectivity index (χ4v) is 3.82. The SMILES string of the molecule is CCCCNc1nc(NC2CCCCC2)nc(NC2CCCCC2)n1. The summed E-state index contributed by atoms with van der Waals surface area (Å²) in [4.78, 5) is 13.9. The number of hydrogen-bond donors (Lipinski definition) is 3. The van der Waals surface area contributed by atoms with E-state index >= 15 is 0 Å². The van der Waals surface area contributed by atoms with Crippen molar-refractivity contribution in [3.05, 3.63) is 0 Å². The van der Waals surface area contributed by atoms with Crippen molar-refractivity contribution in [1.29, 1.82) is 0 Å². The average Bonchev–Trinajstić information content (AvgIpc) is 2.63. The van der Waals surface area contributed by atoms with Crippen molar-refractivity contribution in [1.82, 2.24) is 15.0 Å². The van der Waals surface area contributed by atoms with Crippen LogP contribution in [0.2, 0.25) is 0 Å². The molecule has 6 nitrogen and oxygen atoms in total. The van der Waals surface area contributed by atoms with Crippen molar-refractivity contribution < 1.29 is 0 Å². The fraction of sp³-hybridized carbons (Fsp3) is 0.842. The Kier molecular flexibility index (Phi) is 7.12. The smallest absolute Gasteiger partial charge is 0.229 e. The van der Waals surface area contributed by atoms with Gasteiger partial charge in [0.25, 0.3) is 0 Å². The predicted molar refractivity (Wildman–Crippen MR) is 104 cm³/mol. The van der Waals surface area contributed by atoms with Crippen LogP contribution in [0.4, 0.5) is 17.8 Å². The van der Waals surface area contributed by atoms with E-state index in [9.17, 15) is 0 Å². The molecule has 0 saturated heterocycles. The van der Waals surface area contributed by atoms with Gasteiger partial charge in [0.2, 0.25) is 17.8 Å². The molecule has 1 aromatic rings. The first-order valence-electron chi connectivity index (χ1n) is 10.4. The molecule has 0 bridgehead atoms. The highest BCUT2D eigenvalue weighted by atomic mass is 15.3. The quantitative estimate of drug-likeness (QED) is 0.599. The third-order valence-electron chi connectivity index (χ3n) is 5.33. The Morgan fingerprint density at radius 1 is 0.720 bits per heavy atom. The zero-order valence-corrected chi connectivity index (χ0v) is 15.7. The summed E-state index contributed by atoms with van der Waals surface area (Å²) in [7, 11) is 0. The number of unbranched alkanes of at least 4 members (excludes halogenated alkanes) is 1. The van der Waals surface area contributed by atoms with Crippen molar-refractivity contribution in [2.24, 2.45) is 0 Å². The molecule has 2 fully saturated rings. The van der Waals surface area contributed by atoms with Crippen molar-refractivity contribution in [3.63, 3.8) is 0 Å². The van der Waals surface area contributed by atoms with Gasteiger partial charge in [0, 0.05) is 18.6 Å². The summed E-state index contributed by atoms with van der Waals surface area (Å²) in [5.74, 6) is 2.14. The van der Waals surface area contributed by atoms with E-state index in [0.29, 0.717) is 18.0 Å². The lowest BCUT2D eigenvalue weighted by Gasteiger charge is -2.25. The molecule has 3 N–H and O–H groups in total. The second-order valence-corrected chi connectivity index (χ2v) is 7.55. The molecule has 1 heterocycles. The van der Waals surface area contributed by atoms with Crippen molar-refractivity contribution >= 4 is 17.8 Å². The lowest BCUT2D eigenvalue weighted by molar-refractivity contribution is 0.458. The minimum atomic E-state index is 0.502. The van der Waals surface area contributed by atoms with E-state index in [-0.39, 0.29) is 0 Å². The Morgan fingerprint density at radius 2 is 1.20 bits per heavy atom. The van der Waals surface area contributed by atoms with Crippen molar-refractivity contribution in [3.8, 4) is 0 Å². The second kappa shape index (κ2) is 9.78. The maximum atomic E-state index is 4.67. The first-order chi connectivity index (χ1) is 12.3. The summed E-state index contributed by atoms with van der Waals surface area (Å²) in [5, 5.41) is 10.5. The Labute approximate surface area is 152 Å². The Hall–Kier alpha value is -1.59. The maximum absolute atomic E-state index is 4.67. The molecule has 0 amide bonds. The lowest BCUT2D eigenvalue weighted by Crippen LogP contribution is -2.26. The molecule has 3 rings (SSSR count). The molecule has 0 radical (unpaired) electrons. The van der Waals surface area contributed by atoms with Crippen molar-refractivity contribution in [2.45, 2.75) is 96.1 Å². The first kappa shape index (κ1) is 18.2. The normalized spacial score (nSPS) is 19.6. The van der Waals surface area contributed by atoms with E-state index in [2.05, 4.69) is 37.8 Å². The highest BCUT2D eigenvalue weighted by molar-refractivity contribution is 5.43. The summed E-state index contributed by atoms with van der Waals surface area (Å²) in [5.41, 5.74) is 0. The third kappa shape index (κ3) is 6.01. The highest BCUT2D eigenvalue weighted by Crippen LogP contribution is 2.23. The third-order valence-corrected chi connectivity index (χ3v) is 5.33. The van der Waals surface area contributed by atoms with Crippen LogP contribution >= 0.6 is 0 Å². The molecule has 2 aliphatic rings. The molecule has 0 unspecified atom stereocenters. The molecule has 0 aromatic carbocycles. The zero-order chi connectivity index (χ0) is 17.3. The van der Waals surface area contributed by atoms with Gasteiger partial charge in [-0.25, -0.2) is 0 Å². The van der Waals surface area contributed by atoms with Crippen LogP contribution in [-0.4, -0.2) is 33.6 Å². The number of rotatable bonds is 8. The van der Waals surface area contributed by atoms with Crippen LogP contribution in [0.3, 0.4) is 0 Å². The monoisotopic (exact) mass is 346 g/mol. The van der Waals surface area contributed by atoms with Crippen LogP contribution in [0.25, 0.3) is 0 Å². The largest absolute Gasteiger partial charge is 0.354 e. The van der Waals surface area contributed by atoms with E-state index in [1.807, 2.05) is 0 Å². The second-order valence-electron chi connectivity index (χ2n) is 7.55.